The van der Waals surface area contributed by atoms with Gasteiger partial charge in [-0.25, -0.2) is 9.59 Å². The number of hydrogen-bond donors (Lipinski definition) is 2. The molecule has 4 aromatic rings. The lowest BCUT2D eigenvalue weighted by molar-refractivity contribution is -0.157. The van der Waals surface area contributed by atoms with Crippen molar-refractivity contribution in [3.63, 3.8) is 0 Å². The second-order valence-corrected chi connectivity index (χ2v) is 9.62. The van der Waals surface area contributed by atoms with Gasteiger partial charge < -0.3 is 29.4 Å². The van der Waals surface area contributed by atoms with Crippen LogP contribution in [0.4, 0.5) is 4.79 Å². The summed E-state index contributed by atoms with van der Waals surface area (Å²) in [5, 5.41) is 12.8. The van der Waals surface area contributed by atoms with Crippen molar-refractivity contribution in [2.75, 3.05) is 6.61 Å². The Labute approximate surface area is 245 Å². The molecule has 0 spiro atoms. The van der Waals surface area contributed by atoms with E-state index in [-0.39, 0.29) is 26.4 Å². The van der Waals surface area contributed by atoms with Crippen molar-refractivity contribution in [3.05, 3.63) is 144 Å². The SMILES string of the molecule is O=C(N[C@H](C(=O)O)[C@H](OCc1ccccc1)[C@H](COCc1ccccc1)OCc1ccccc1)OCc1ccccc1. The lowest BCUT2D eigenvalue weighted by Crippen LogP contribution is -2.55. The first-order valence-electron chi connectivity index (χ1n) is 13.7. The highest BCUT2D eigenvalue weighted by molar-refractivity contribution is 5.80. The predicted molar refractivity (Wildman–Crippen MR) is 157 cm³/mol. The molecule has 8 nitrogen and oxygen atoms in total. The van der Waals surface area contributed by atoms with Gasteiger partial charge in [-0.05, 0) is 22.3 Å². The van der Waals surface area contributed by atoms with Crippen LogP contribution in [0, 0.1) is 0 Å². The summed E-state index contributed by atoms with van der Waals surface area (Å²) in [6, 6.07) is 36.2. The zero-order valence-corrected chi connectivity index (χ0v) is 23.2. The van der Waals surface area contributed by atoms with Crippen LogP contribution < -0.4 is 5.32 Å². The minimum Gasteiger partial charge on any atom is -0.480 e. The lowest BCUT2D eigenvalue weighted by atomic mass is 10.0. The summed E-state index contributed by atoms with van der Waals surface area (Å²) >= 11 is 0. The summed E-state index contributed by atoms with van der Waals surface area (Å²) in [5.41, 5.74) is 3.47. The van der Waals surface area contributed by atoms with Crippen LogP contribution in [-0.4, -0.2) is 42.0 Å². The molecule has 0 unspecified atom stereocenters. The van der Waals surface area contributed by atoms with Crippen LogP contribution >= 0.6 is 0 Å². The zero-order chi connectivity index (χ0) is 29.4. The van der Waals surface area contributed by atoms with E-state index in [9.17, 15) is 14.7 Å². The molecule has 42 heavy (non-hydrogen) atoms. The smallest absolute Gasteiger partial charge is 0.408 e. The number of nitrogens with one attached hydrogen (secondary N) is 1. The van der Waals surface area contributed by atoms with Gasteiger partial charge in [-0.15, -0.1) is 0 Å². The van der Waals surface area contributed by atoms with Crippen LogP contribution in [0.5, 0.6) is 0 Å². The highest BCUT2D eigenvalue weighted by atomic mass is 16.6. The molecule has 0 saturated carbocycles. The largest absolute Gasteiger partial charge is 0.480 e. The van der Waals surface area contributed by atoms with Crippen molar-refractivity contribution in [1.82, 2.24) is 5.32 Å². The van der Waals surface area contributed by atoms with E-state index in [0.717, 1.165) is 22.3 Å². The van der Waals surface area contributed by atoms with Gasteiger partial charge >= 0.3 is 12.1 Å². The molecule has 0 bridgehead atoms. The predicted octanol–water partition coefficient (Wildman–Crippen LogP) is 5.75. The average molecular weight is 570 g/mol. The van der Waals surface area contributed by atoms with E-state index in [1.54, 1.807) is 0 Å². The fraction of sp³-hybridized carbons (Fsp3) is 0.235. The number of ether oxygens (including phenoxy) is 4. The normalized spacial score (nSPS) is 13.0. The summed E-state index contributed by atoms with van der Waals surface area (Å²) in [5.74, 6) is -1.29. The Bertz CT molecular complexity index is 1340. The quantitative estimate of drug-likeness (QED) is 0.177. The molecule has 4 aromatic carbocycles. The average Bonchev–Trinajstić information content (AvgIpc) is 3.03. The molecule has 0 saturated heterocycles. The molecule has 218 valence electrons. The van der Waals surface area contributed by atoms with Gasteiger partial charge in [0.05, 0.1) is 26.4 Å². The van der Waals surface area contributed by atoms with Crippen molar-refractivity contribution in [1.29, 1.82) is 0 Å². The van der Waals surface area contributed by atoms with E-state index >= 15 is 0 Å². The molecule has 0 aromatic heterocycles. The number of carbonyl (C=O) groups excluding carboxylic acids is 1. The van der Waals surface area contributed by atoms with Crippen LogP contribution in [0.25, 0.3) is 0 Å². The number of carbonyl (C=O) groups is 2. The number of aliphatic carboxylic acids is 1. The van der Waals surface area contributed by atoms with Crippen LogP contribution in [0.15, 0.2) is 121 Å². The molecule has 0 fully saturated rings. The number of rotatable bonds is 16. The van der Waals surface area contributed by atoms with Gasteiger partial charge in [0.1, 0.15) is 18.8 Å². The monoisotopic (exact) mass is 569 g/mol. The Morgan fingerprint density at radius 3 is 1.50 bits per heavy atom. The zero-order valence-electron chi connectivity index (χ0n) is 23.2. The summed E-state index contributed by atoms with van der Waals surface area (Å²) < 4.78 is 23.8. The van der Waals surface area contributed by atoms with Crippen LogP contribution in [0.2, 0.25) is 0 Å². The Hall–Kier alpha value is -4.50. The van der Waals surface area contributed by atoms with E-state index in [0.29, 0.717) is 6.61 Å². The molecule has 4 rings (SSSR count). The number of benzene rings is 4. The minimum absolute atomic E-state index is 0.0112. The third kappa shape index (κ3) is 10.2. The van der Waals surface area contributed by atoms with E-state index in [1.165, 1.54) is 0 Å². The molecule has 1 amide bonds. The van der Waals surface area contributed by atoms with Gasteiger partial charge in [-0.3, -0.25) is 0 Å². The Morgan fingerprint density at radius 2 is 1.02 bits per heavy atom. The molecule has 0 heterocycles. The number of amides is 1. The number of carboxylic acid groups (broad SMARTS) is 1. The van der Waals surface area contributed by atoms with Gasteiger partial charge in [0.15, 0.2) is 6.04 Å². The van der Waals surface area contributed by atoms with Gasteiger partial charge in [0.2, 0.25) is 0 Å². The first kappa shape index (κ1) is 30.5. The van der Waals surface area contributed by atoms with Gasteiger partial charge in [-0.2, -0.15) is 0 Å². The lowest BCUT2D eigenvalue weighted by Gasteiger charge is -2.32. The summed E-state index contributed by atoms with van der Waals surface area (Å²) in [7, 11) is 0. The van der Waals surface area contributed by atoms with E-state index in [1.807, 2.05) is 121 Å². The number of carboxylic acids is 1. The van der Waals surface area contributed by atoms with Crippen LogP contribution in [-0.2, 0) is 50.2 Å². The van der Waals surface area contributed by atoms with E-state index < -0.39 is 30.3 Å². The molecule has 2 N–H and O–H groups in total. The second kappa shape index (κ2) is 16.7. The second-order valence-electron chi connectivity index (χ2n) is 9.62. The summed E-state index contributed by atoms with van der Waals surface area (Å²) in [6.07, 6.45) is -2.86. The van der Waals surface area contributed by atoms with E-state index in [2.05, 4.69) is 5.32 Å². The number of alkyl carbamates (subject to hydrolysis) is 1. The standard InChI is InChI=1S/C34H35NO7/c36-33(37)31(35-34(38)42-24-29-19-11-4-12-20-29)32(41-23-28-17-9-3-10-18-28)30(40-22-27-15-7-2-8-16-27)25-39-21-26-13-5-1-6-14-26/h1-20,30-32H,21-25H2,(H,35,38)(H,36,37)/t30-,31-,32+/m0/s1. The maximum Gasteiger partial charge on any atom is 0.408 e. The Morgan fingerprint density at radius 1 is 0.595 bits per heavy atom. The molecule has 0 aliphatic heterocycles. The Balaban J connectivity index is 1.53. The van der Waals surface area contributed by atoms with E-state index in [4.69, 9.17) is 18.9 Å². The third-order valence-electron chi connectivity index (χ3n) is 6.43. The van der Waals surface area contributed by atoms with Crippen molar-refractivity contribution in [2.24, 2.45) is 0 Å². The molecular weight excluding hydrogens is 534 g/mol. The molecule has 0 aliphatic carbocycles. The number of hydrogen-bond acceptors (Lipinski definition) is 6. The van der Waals surface area contributed by atoms with Gasteiger partial charge in [0, 0.05) is 0 Å². The molecule has 0 aliphatic rings. The minimum atomic E-state index is -1.49. The van der Waals surface area contributed by atoms with Crippen molar-refractivity contribution in [2.45, 2.75) is 44.7 Å². The van der Waals surface area contributed by atoms with Crippen molar-refractivity contribution >= 4 is 12.1 Å². The van der Waals surface area contributed by atoms with Crippen LogP contribution in [0.3, 0.4) is 0 Å². The first-order valence-corrected chi connectivity index (χ1v) is 13.7. The fourth-order valence-corrected chi connectivity index (χ4v) is 4.24. The highest BCUT2D eigenvalue weighted by Gasteiger charge is 2.38. The summed E-state index contributed by atoms with van der Waals surface area (Å²) in [4.78, 5) is 25.4. The topological polar surface area (TPSA) is 103 Å². The maximum atomic E-state index is 12.8. The highest BCUT2D eigenvalue weighted by Crippen LogP contribution is 2.18. The molecular formula is C34H35NO7. The van der Waals surface area contributed by atoms with Crippen molar-refractivity contribution < 1.29 is 33.6 Å². The van der Waals surface area contributed by atoms with Crippen molar-refractivity contribution in [3.8, 4) is 0 Å². The maximum absolute atomic E-state index is 12.8. The fourth-order valence-electron chi connectivity index (χ4n) is 4.24. The summed E-state index contributed by atoms with van der Waals surface area (Å²) in [6.45, 7) is 0.589. The Kier molecular flexibility index (Phi) is 12.1. The third-order valence-corrected chi connectivity index (χ3v) is 6.43. The van der Waals surface area contributed by atoms with Crippen LogP contribution in [0.1, 0.15) is 22.3 Å². The first-order chi connectivity index (χ1) is 20.6. The molecule has 3 atom stereocenters. The van der Waals surface area contributed by atoms with Gasteiger partial charge in [0.25, 0.3) is 0 Å². The molecule has 0 radical (unpaired) electrons. The molecule has 8 heteroatoms. The van der Waals surface area contributed by atoms with Gasteiger partial charge in [-0.1, -0.05) is 121 Å².